The van der Waals surface area contributed by atoms with Gasteiger partial charge in [-0.05, 0) is 37.1 Å². The number of rotatable bonds is 2. The molecular weight excluding hydrogens is 318 g/mol. The molecule has 3 aromatic heterocycles. The van der Waals surface area contributed by atoms with Crippen LogP contribution in [0.3, 0.4) is 0 Å². The lowest BCUT2D eigenvalue weighted by atomic mass is 10.0. The van der Waals surface area contributed by atoms with E-state index in [4.69, 9.17) is 4.98 Å². The molecule has 24 heavy (non-hydrogen) atoms. The fourth-order valence-electron chi connectivity index (χ4n) is 2.86. The van der Waals surface area contributed by atoms with E-state index < -0.39 is 0 Å². The topological polar surface area (TPSA) is 58.6 Å². The molecule has 0 radical (unpaired) electrons. The molecule has 0 saturated heterocycles. The number of nitrogens with one attached hydrogen (secondary N) is 1. The van der Waals surface area contributed by atoms with E-state index in [0.29, 0.717) is 16.2 Å². The minimum absolute atomic E-state index is 0.123. The predicted molar refractivity (Wildman–Crippen MR) is 98.4 cm³/mol. The van der Waals surface area contributed by atoms with Crippen LogP contribution in [-0.2, 0) is 0 Å². The average molecular weight is 333 g/mol. The third-order valence-electron chi connectivity index (χ3n) is 4.01. The van der Waals surface area contributed by atoms with Gasteiger partial charge in [-0.2, -0.15) is 0 Å². The highest BCUT2D eigenvalue weighted by atomic mass is 32.1. The Hall–Kier alpha value is -2.79. The Balaban J connectivity index is 1.98. The Labute approximate surface area is 142 Å². The zero-order valence-corrected chi connectivity index (χ0v) is 14.1. The Morgan fingerprint density at radius 1 is 1.08 bits per heavy atom. The molecule has 0 atom stereocenters. The molecule has 1 N–H and O–H groups in total. The summed E-state index contributed by atoms with van der Waals surface area (Å²) < 4.78 is 0.643. The molecule has 0 aliphatic heterocycles. The van der Waals surface area contributed by atoms with Gasteiger partial charge in [0, 0.05) is 17.1 Å². The van der Waals surface area contributed by atoms with Gasteiger partial charge in [-0.25, -0.2) is 4.98 Å². The van der Waals surface area contributed by atoms with Crippen molar-refractivity contribution in [2.75, 3.05) is 0 Å². The van der Waals surface area contributed by atoms with Crippen molar-refractivity contribution in [3.8, 4) is 22.6 Å². The van der Waals surface area contributed by atoms with Crippen LogP contribution in [0.5, 0.6) is 0 Å². The molecule has 118 valence electrons. The summed E-state index contributed by atoms with van der Waals surface area (Å²) in [7, 11) is 0. The molecule has 0 fully saturated rings. The van der Waals surface area contributed by atoms with E-state index in [1.807, 2.05) is 23.6 Å². The first-order valence-corrected chi connectivity index (χ1v) is 8.52. The van der Waals surface area contributed by atoms with Gasteiger partial charge in [0.05, 0.1) is 5.52 Å². The lowest BCUT2D eigenvalue weighted by Gasteiger charge is -2.06. The lowest BCUT2D eigenvalue weighted by Crippen LogP contribution is -2.08. The average Bonchev–Trinajstić information content (AvgIpc) is 3.00. The third-order valence-corrected chi connectivity index (χ3v) is 4.97. The summed E-state index contributed by atoms with van der Waals surface area (Å²) >= 11 is 1.43. The number of aromatic amines is 1. The van der Waals surface area contributed by atoms with Crippen molar-refractivity contribution in [3.05, 3.63) is 69.5 Å². The zero-order valence-electron chi connectivity index (χ0n) is 13.3. The number of aromatic nitrogens is 3. The van der Waals surface area contributed by atoms with Crippen LogP contribution in [0.4, 0.5) is 0 Å². The number of nitrogens with zero attached hydrogens (tertiary/aromatic N) is 2. The summed E-state index contributed by atoms with van der Waals surface area (Å²) in [6, 6.07) is 11.9. The maximum absolute atomic E-state index is 12.4. The Morgan fingerprint density at radius 3 is 2.71 bits per heavy atom. The summed E-state index contributed by atoms with van der Waals surface area (Å²) in [5, 5.41) is 2.01. The van der Waals surface area contributed by atoms with Crippen molar-refractivity contribution in [1.82, 2.24) is 15.0 Å². The predicted octanol–water partition coefficient (Wildman–Crippen LogP) is 4.33. The molecule has 4 rings (SSSR count). The van der Waals surface area contributed by atoms with Crippen LogP contribution in [0.25, 0.3) is 32.9 Å². The number of thiophene rings is 1. The molecule has 0 unspecified atom stereocenters. The standard InChI is InChI=1S/C19H15N3OS/c1-11-6-7-13(12(2)9-11)14-10-24-17-16(14)21-18(22-19(17)23)15-5-3-4-8-20-15/h3-10H,1-2H3,(H,21,22,23). The fourth-order valence-corrected chi connectivity index (χ4v) is 3.76. The molecule has 5 heteroatoms. The van der Waals surface area contributed by atoms with E-state index in [0.717, 1.165) is 16.6 Å². The van der Waals surface area contributed by atoms with Crippen molar-refractivity contribution in [3.63, 3.8) is 0 Å². The number of aryl methyl sites for hydroxylation is 2. The number of fused-ring (bicyclic) bond motifs is 1. The van der Waals surface area contributed by atoms with Gasteiger partial charge in [0.15, 0.2) is 5.82 Å². The van der Waals surface area contributed by atoms with E-state index in [9.17, 15) is 4.79 Å². The highest BCUT2D eigenvalue weighted by molar-refractivity contribution is 7.17. The second-order valence-electron chi connectivity index (χ2n) is 5.77. The lowest BCUT2D eigenvalue weighted by molar-refractivity contribution is 1.15. The molecule has 3 heterocycles. The van der Waals surface area contributed by atoms with Crippen LogP contribution in [0.1, 0.15) is 11.1 Å². The van der Waals surface area contributed by atoms with Crippen LogP contribution >= 0.6 is 11.3 Å². The second-order valence-corrected chi connectivity index (χ2v) is 6.65. The minimum Gasteiger partial charge on any atom is -0.304 e. The van der Waals surface area contributed by atoms with Gasteiger partial charge in [0.1, 0.15) is 10.4 Å². The van der Waals surface area contributed by atoms with E-state index >= 15 is 0 Å². The monoisotopic (exact) mass is 333 g/mol. The third kappa shape index (κ3) is 2.43. The van der Waals surface area contributed by atoms with Crippen molar-refractivity contribution in [2.45, 2.75) is 13.8 Å². The van der Waals surface area contributed by atoms with Crippen LogP contribution in [-0.4, -0.2) is 15.0 Å². The van der Waals surface area contributed by atoms with E-state index in [-0.39, 0.29) is 5.56 Å². The Bertz CT molecular complexity index is 1100. The summed E-state index contributed by atoms with van der Waals surface area (Å²) in [6.07, 6.45) is 1.69. The van der Waals surface area contributed by atoms with Crippen molar-refractivity contribution >= 4 is 21.6 Å². The Kier molecular flexibility index (Phi) is 3.50. The molecule has 0 aliphatic rings. The number of H-pyrrole nitrogens is 1. The van der Waals surface area contributed by atoms with E-state index in [1.165, 1.54) is 22.5 Å². The smallest absolute Gasteiger partial charge is 0.269 e. The zero-order chi connectivity index (χ0) is 16.7. The molecule has 0 aliphatic carbocycles. The van der Waals surface area contributed by atoms with Crippen LogP contribution in [0.15, 0.2) is 52.8 Å². The van der Waals surface area contributed by atoms with Gasteiger partial charge < -0.3 is 4.98 Å². The molecule has 4 aromatic rings. The Morgan fingerprint density at radius 2 is 1.96 bits per heavy atom. The first kappa shape index (κ1) is 14.8. The second kappa shape index (κ2) is 5.69. The van der Waals surface area contributed by atoms with Crippen LogP contribution < -0.4 is 5.56 Å². The molecule has 0 saturated carbocycles. The maximum Gasteiger partial charge on any atom is 0.269 e. The molecule has 0 amide bonds. The minimum atomic E-state index is -0.123. The summed E-state index contributed by atoms with van der Waals surface area (Å²) in [5.41, 5.74) is 5.77. The van der Waals surface area contributed by atoms with Gasteiger partial charge in [-0.3, -0.25) is 9.78 Å². The molecule has 0 bridgehead atoms. The van der Waals surface area contributed by atoms with Gasteiger partial charge in [-0.1, -0.05) is 29.8 Å². The van der Waals surface area contributed by atoms with Gasteiger partial charge in [0.2, 0.25) is 0 Å². The summed E-state index contributed by atoms with van der Waals surface area (Å²) in [5.74, 6) is 0.498. The number of benzene rings is 1. The molecule has 1 aromatic carbocycles. The fraction of sp³-hybridized carbons (Fsp3) is 0.105. The molecule has 0 spiro atoms. The first-order valence-electron chi connectivity index (χ1n) is 7.64. The SMILES string of the molecule is Cc1ccc(-c2csc3c(=O)[nH]c(-c4ccccn4)nc23)c(C)c1. The van der Waals surface area contributed by atoms with Crippen LogP contribution in [0.2, 0.25) is 0 Å². The van der Waals surface area contributed by atoms with Gasteiger partial charge in [-0.15, -0.1) is 11.3 Å². The number of hydrogen-bond acceptors (Lipinski definition) is 4. The van der Waals surface area contributed by atoms with E-state index in [2.05, 4.69) is 42.0 Å². The highest BCUT2D eigenvalue weighted by Gasteiger charge is 2.15. The van der Waals surface area contributed by atoms with Gasteiger partial charge in [0.25, 0.3) is 5.56 Å². The highest BCUT2D eigenvalue weighted by Crippen LogP contribution is 2.33. The largest absolute Gasteiger partial charge is 0.304 e. The molecule has 4 nitrogen and oxygen atoms in total. The van der Waals surface area contributed by atoms with Crippen molar-refractivity contribution < 1.29 is 0 Å². The van der Waals surface area contributed by atoms with Crippen LogP contribution in [0, 0.1) is 13.8 Å². The van der Waals surface area contributed by atoms with Gasteiger partial charge >= 0.3 is 0 Å². The number of hydrogen-bond donors (Lipinski definition) is 1. The summed E-state index contributed by atoms with van der Waals surface area (Å²) in [4.78, 5) is 24.3. The quantitative estimate of drug-likeness (QED) is 0.594. The maximum atomic E-state index is 12.4. The summed E-state index contributed by atoms with van der Waals surface area (Å²) in [6.45, 7) is 4.16. The van der Waals surface area contributed by atoms with E-state index in [1.54, 1.807) is 6.20 Å². The normalized spacial score (nSPS) is 11.1. The molecular formula is C19H15N3OS. The van der Waals surface area contributed by atoms with Crippen molar-refractivity contribution in [2.24, 2.45) is 0 Å². The number of pyridine rings is 1. The first-order chi connectivity index (χ1) is 11.6. The van der Waals surface area contributed by atoms with Crippen molar-refractivity contribution in [1.29, 1.82) is 0 Å².